The van der Waals surface area contributed by atoms with Gasteiger partial charge in [0, 0.05) is 13.0 Å². The summed E-state index contributed by atoms with van der Waals surface area (Å²) in [6.07, 6.45) is 1.51. The third-order valence-electron chi connectivity index (χ3n) is 2.92. The lowest BCUT2D eigenvalue weighted by molar-refractivity contribution is -0.137. The van der Waals surface area contributed by atoms with Crippen LogP contribution in [0.2, 0.25) is 0 Å². The predicted octanol–water partition coefficient (Wildman–Crippen LogP) is 1.14. The van der Waals surface area contributed by atoms with Gasteiger partial charge in [0.2, 0.25) is 5.91 Å². The van der Waals surface area contributed by atoms with Crippen molar-refractivity contribution in [1.82, 2.24) is 10.2 Å². The molecule has 0 bridgehead atoms. The highest BCUT2D eigenvalue weighted by Gasteiger charge is 2.06. The Kier molecular flexibility index (Phi) is 7.35. The number of hydrogen-bond acceptors (Lipinski definition) is 3. The quantitative estimate of drug-likeness (QED) is 0.711. The van der Waals surface area contributed by atoms with E-state index in [2.05, 4.69) is 5.32 Å². The monoisotopic (exact) mass is 278 g/mol. The Labute approximate surface area is 119 Å². The first kappa shape index (κ1) is 16.2. The summed E-state index contributed by atoms with van der Waals surface area (Å²) in [7, 11) is 1.82. The second-order valence-corrected chi connectivity index (χ2v) is 4.82. The molecule has 0 fully saturated rings. The standard InChI is InChI=1S/C15H22N2O3/c1-17(11-5-8-15(19)20)12-14(18)16-10-9-13-6-3-2-4-7-13/h2-4,6-7H,5,8-12H2,1H3,(H,16,18)(H,19,20). The molecule has 5 heteroatoms. The van der Waals surface area contributed by atoms with Gasteiger partial charge in [0.1, 0.15) is 0 Å². The molecule has 0 aliphatic heterocycles. The molecule has 0 aliphatic rings. The summed E-state index contributed by atoms with van der Waals surface area (Å²) in [6.45, 7) is 1.53. The van der Waals surface area contributed by atoms with E-state index in [1.165, 1.54) is 5.56 Å². The van der Waals surface area contributed by atoms with Gasteiger partial charge in [-0.3, -0.25) is 14.5 Å². The molecule has 2 N–H and O–H groups in total. The second kappa shape index (κ2) is 9.09. The van der Waals surface area contributed by atoms with Crippen molar-refractivity contribution >= 4 is 11.9 Å². The van der Waals surface area contributed by atoms with Crippen molar-refractivity contribution < 1.29 is 14.7 Å². The van der Waals surface area contributed by atoms with E-state index in [-0.39, 0.29) is 12.3 Å². The van der Waals surface area contributed by atoms with Crippen LogP contribution in [-0.4, -0.2) is 48.6 Å². The van der Waals surface area contributed by atoms with Crippen molar-refractivity contribution in [3.63, 3.8) is 0 Å². The van der Waals surface area contributed by atoms with Crippen LogP contribution in [0, 0.1) is 0 Å². The highest BCUT2D eigenvalue weighted by Crippen LogP contribution is 1.98. The fourth-order valence-electron chi connectivity index (χ4n) is 1.87. The molecule has 1 amide bonds. The third kappa shape index (κ3) is 7.53. The zero-order chi connectivity index (χ0) is 14.8. The number of likely N-dealkylation sites (N-methyl/N-ethyl adjacent to an activating group) is 1. The van der Waals surface area contributed by atoms with E-state index < -0.39 is 5.97 Å². The lowest BCUT2D eigenvalue weighted by Crippen LogP contribution is -2.36. The van der Waals surface area contributed by atoms with Crippen LogP contribution >= 0.6 is 0 Å². The second-order valence-electron chi connectivity index (χ2n) is 4.82. The molecule has 0 aliphatic carbocycles. The number of carboxylic acids is 1. The van der Waals surface area contributed by atoms with Crippen molar-refractivity contribution in [3.05, 3.63) is 35.9 Å². The molecule has 1 aromatic carbocycles. The van der Waals surface area contributed by atoms with Crippen molar-refractivity contribution in [2.45, 2.75) is 19.3 Å². The van der Waals surface area contributed by atoms with Crippen molar-refractivity contribution in [1.29, 1.82) is 0 Å². The van der Waals surface area contributed by atoms with Crippen LogP contribution in [0.1, 0.15) is 18.4 Å². The Hall–Kier alpha value is -1.88. The zero-order valence-corrected chi connectivity index (χ0v) is 11.8. The molecule has 0 saturated carbocycles. The molecule has 0 heterocycles. The maximum Gasteiger partial charge on any atom is 0.303 e. The number of carbonyl (C=O) groups excluding carboxylic acids is 1. The minimum absolute atomic E-state index is 0.0289. The van der Waals surface area contributed by atoms with Gasteiger partial charge in [0.05, 0.1) is 6.54 Å². The lowest BCUT2D eigenvalue weighted by Gasteiger charge is -2.15. The zero-order valence-electron chi connectivity index (χ0n) is 11.8. The Morgan fingerprint density at radius 2 is 1.95 bits per heavy atom. The number of benzene rings is 1. The summed E-state index contributed by atoms with van der Waals surface area (Å²) in [5, 5.41) is 11.4. The Balaban J connectivity index is 2.12. The summed E-state index contributed by atoms with van der Waals surface area (Å²) < 4.78 is 0. The van der Waals surface area contributed by atoms with Crippen LogP contribution in [0.5, 0.6) is 0 Å². The fourth-order valence-corrected chi connectivity index (χ4v) is 1.87. The van der Waals surface area contributed by atoms with Crippen LogP contribution in [0.25, 0.3) is 0 Å². The van der Waals surface area contributed by atoms with Crippen molar-refractivity contribution in [2.24, 2.45) is 0 Å². The predicted molar refractivity (Wildman–Crippen MR) is 77.5 cm³/mol. The van der Waals surface area contributed by atoms with Gasteiger partial charge in [0.15, 0.2) is 0 Å². The summed E-state index contributed by atoms with van der Waals surface area (Å²) in [5.41, 5.74) is 1.20. The SMILES string of the molecule is CN(CCCC(=O)O)CC(=O)NCCc1ccccc1. The van der Waals surface area contributed by atoms with E-state index >= 15 is 0 Å². The first-order valence-electron chi connectivity index (χ1n) is 6.79. The van der Waals surface area contributed by atoms with Gasteiger partial charge in [-0.25, -0.2) is 0 Å². The van der Waals surface area contributed by atoms with Gasteiger partial charge < -0.3 is 10.4 Å². The summed E-state index contributed by atoms with van der Waals surface area (Å²) in [5.74, 6) is -0.829. The molecular weight excluding hydrogens is 256 g/mol. The number of nitrogens with one attached hydrogen (secondary N) is 1. The fraction of sp³-hybridized carbons (Fsp3) is 0.467. The van der Waals surface area contributed by atoms with Crippen molar-refractivity contribution in [3.8, 4) is 0 Å². The summed E-state index contributed by atoms with van der Waals surface area (Å²) in [4.78, 5) is 23.9. The average molecular weight is 278 g/mol. The average Bonchev–Trinajstić information content (AvgIpc) is 2.39. The summed E-state index contributed by atoms with van der Waals surface area (Å²) in [6, 6.07) is 9.99. The van der Waals surface area contributed by atoms with Gasteiger partial charge >= 0.3 is 5.97 Å². The number of carboxylic acid groups (broad SMARTS) is 1. The highest BCUT2D eigenvalue weighted by molar-refractivity contribution is 5.77. The normalized spacial score (nSPS) is 10.5. The topological polar surface area (TPSA) is 69.6 Å². The molecule has 0 radical (unpaired) electrons. The van der Waals surface area contributed by atoms with E-state index in [4.69, 9.17) is 5.11 Å². The molecular formula is C15H22N2O3. The van der Waals surface area contributed by atoms with Crippen LogP contribution < -0.4 is 5.32 Å². The third-order valence-corrected chi connectivity index (χ3v) is 2.92. The van der Waals surface area contributed by atoms with E-state index in [9.17, 15) is 9.59 Å². The molecule has 1 rings (SSSR count). The Bertz CT molecular complexity index is 420. The number of rotatable bonds is 9. The van der Waals surface area contributed by atoms with E-state index in [1.807, 2.05) is 42.3 Å². The lowest BCUT2D eigenvalue weighted by atomic mass is 10.1. The van der Waals surface area contributed by atoms with Gasteiger partial charge in [-0.05, 0) is 32.0 Å². The van der Waals surface area contributed by atoms with Gasteiger partial charge in [-0.1, -0.05) is 30.3 Å². The summed E-state index contributed by atoms with van der Waals surface area (Å²) >= 11 is 0. The smallest absolute Gasteiger partial charge is 0.303 e. The molecule has 0 unspecified atom stereocenters. The molecule has 0 spiro atoms. The molecule has 5 nitrogen and oxygen atoms in total. The van der Waals surface area contributed by atoms with Crippen LogP contribution in [0.4, 0.5) is 0 Å². The molecule has 1 aromatic rings. The Morgan fingerprint density at radius 1 is 1.25 bits per heavy atom. The number of carbonyl (C=O) groups is 2. The highest BCUT2D eigenvalue weighted by atomic mass is 16.4. The molecule has 110 valence electrons. The van der Waals surface area contributed by atoms with Crippen LogP contribution in [0.15, 0.2) is 30.3 Å². The van der Waals surface area contributed by atoms with E-state index in [1.54, 1.807) is 0 Å². The largest absolute Gasteiger partial charge is 0.481 e. The number of aliphatic carboxylic acids is 1. The molecule has 0 atom stereocenters. The molecule has 20 heavy (non-hydrogen) atoms. The number of hydrogen-bond donors (Lipinski definition) is 2. The minimum Gasteiger partial charge on any atom is -0.481 e. The van der Waals surface area contributed by atoms with Gasteiger partial charge in [-0.2, -0.15) is 0 Å². The van der Waals surface area contributed by atoms with E-state index in [0.717, 1.165) is 6.42 Å². The maximum atomic E-state index is 11.7. The van der Waals surface area contributed by atoms with Crippen LogP contribution in [-0.2, 0) is 16.0 Å². The first-order valence-corrected chi connectivity index (χ1v) is 6.79. The van der Waals surface area contributed by atoms with E-state index in [0.29, 0.717) is 26.1 Å². The first-order chi connectivity index (χ1) is 9.58. The van der Waals surface area contributed by atoms with Gasteiger partial charge in [-0.15, -0.1) is 0 Å². The maximum absolute atomic E-state index is 11.7. The number of amides is 1. The van der Waals surface area contributed by atoms with Crippen LogP contribution in [0.3, 0.4) is 0 Å². The Morgan fingerprint density at radius 3 is 2.60 bits per heavy atom. The van der Waals surface area contributed by atoms with Crippen molar-refractivity contribution in [2.75, 3.05) is 26.7 Å². The molecule has 0 aromatic heterocycles. The number of nitrogens with zero attached hydrogens (tertiary/aromatic N) is 1. The minimum atomic E-state index is -0.800. The molecule has 0 saturated heterocycles. The van der Waals surface area contributed by atoms with Gasteiger partial charge in [0.25, 0.3) is 0 Å².